The highest BCUT2D eigenvalue weighted by Crippen LogP contribution is 2.39. The summed E-state index contributed by atoms with van der Waals surface area (Å²) < 4.78 is 40.0. The molecule has 23 heavy (non-hydrogen) atoms. The number of rotatable bonds is 3. The Kier molecular flexibility index (Phi) is 4.59. The molecular weight excluding hydrogens is 301 g/mol. The zero-order chi connectivity index (χ0) is 17.4. The fraction of sp³-hybridized carbons (Fsp3) is 0.333. The minimum absolute atomic E-state index is 0.169. The van der Waals surface area contributed by atoms with Crippen molar-refractivity contribution in [1.82, 2.24) is 0 Å². The predicted molar refractivity (Wildman–Crippen MR) is 90.3 cm³/mol. The van der Waals surface area contributed by atoms with Crippen LogP contribution in [-0.4, -0.2) is 28.2 Å². The Morgan fingerprint density at radius 1 is 0.739 bits per heavy atom. The quantitative estimate of drug-likeness (QED) is 0.800. The van der Waals surface area contributed by atoms with Crippen molar-refractivity contribution in [2.75, 3.05) is 38.0 Å². The lowest BCUT2D eigenvalue weighted by Gasteiger charge is -2.21. The van der Waals surface area contributed by atoms with Crippen molar-refractivity contribution in [2.45, 2.75) is 13.1 Å². The summed E-state index contributed by atoms with van der Waals surface area (Å²) in [6, 6.07) is 10.2. The molecule has 0 spiro atoms. The lowest BCUT2D eigenvalue weighted by atomic mass is 9.99. The summed E-state index contributed by atoms with van der Waals surface area (Å²) >= 11 is 0. The van der Waals surface area contributed by atoms with Gasteiger partial charge in [-0.05, 0) is 47.9 Å². The van der Waals surface area contributed by atoms with Gasteiger partial charge in [0.15, 0.2) is 0 Å². The van der Waals surface area contributed by atoms with Crippen molar-refractivity contribution >= 4 is 11.4 Å². The average molecular weight is 322 g/mol. The molecule has 0 aliphatic carbocycles. The summed E-state index contributed by atoms with van der Waals surface area (Å²) in [5, 5.41) is 0. The predicted octanol–water partition coefficient (Wildman–Crippen LogP) is 4.81. The number of hydrogen-bond donors (Lipinski definition) is 0. The van der Waals surface area contributed by atoms with E-state index in [1.54, 1.807) is 20.2 Å². The van der Waals surface area contributed by atoms with Gasteiger partial charge in [-0.15, -0.1) is 0 Å². The van der Waals surface area contributed by atoms with Crippen LogP contribution in [-0.2, 0) is 6.18 Å². The van der Waals surface area contributed by atoms with Gasteiger partial charge in [-0.2, -0.15) is 13.2 Å². The first-order valence-electron chi connectivity index (χ1n) is 7.28. The lowest BCUT2D eigenvalue weighted by molar-refractivity contribution is -0.137. The lowest BCUT2D eigenvalue weighted by Crippen LogP contribution is -2.16. The van der Waals surface area contributed by atoms with Gasteiger partial charge < -0.3 is 9.80 Å². The molecule has 2 nitrogen and oxygen atoms in total. The van der Waals surface area contributed by atoms with Crippen molar-refractivity contribution in [2.24, 2.45) is 0 Å². The van der Waals surface area contributed by atoms with E-state index in [9.17, 15) is 13.2 Å². The number of aryl methyl sites for hydroxylation is 1. The second kappa shape index (κ2) is 6.14. The van der Waals surface area contributed by atoms with Gasteiger partial charge >= 0.3 is 6.18 Å². The third-order valence-corrected chi connectivity index (χ3v) is 3.80. The highest BCUT2D eigenvalue weighted by molar-refractivity contribution is 5.72. The monoisotopic (exact) mass is 322 g/mol. The Bertz CT molecular complexity index is 704. The Hall–Kier alpha value is -2.17. The fourth-order valence-corrected chi connectivity index (χ4v) is 2.67. The molecule has 0 heterocycles. The van der Waals surface area contributed by atoms with E-state index in [1.807, 2.05) is 44.1 Å². The topological polar surface area (TPSA) is 6.48 Å². The van der Waals surface area contributed by atoms with Gasteiger partial charge in [0.05, 0.1) is 5.56 Å². The zero-order valence-electron chi connectivity index (χ0n) is 14.0. The van der Waals surface area contributed by atoms with Crippen LogP contribution < -0.4 is 9.80 Å². The molecule has 0 amide bonds. The van der Waals surface area contributed by atoms with Crippen LogP contribution >= 0.6 is 0 Å². The van der Waals surface area contributed by atoms with Crippen LogP contribution in [0.2, 0.25) is 0 Å². The molecule has 2 aromatic carbocycles. The zero-order valence-corrected chi connectivity index (χ0v) is 14.0. The van der Waals surface area contributed by atoms with E-state index in [4.69, 9.17) is 0 Å². The molecule has 0 bridgehead atoms. The number of nitrogens with zero attached hydrogens (tertiary/aromatic N) is 2. The van der Waals surface area contributed by atoms with E-state index >= 15 is 0 Å². The number of alkyl halides is 3. The smallest absolute Gasteiger partial charge is 0.377 e. The summed E-state index contributed by atoms with van der Waals surface area (Å²) in [6.45, 7) is 1.96. The number of benzene rings is 2. The van der Waals surface area contributed by atoms with Gasteiger partial charge in [-0.25, -0.2) is 0 Å². The van der Waals surface area contributed by atoms with Gasteiger partial charge in [0.2, 0.25) is 0 Å². The second-order valence-corrected chi connectivity index (χ2v) is 6.02. The van der Waals surface area contributed by atoms with Crippen LogP contribution in [0.15, 0.2) is 36.4 Å². The minimum Gasteiger partial charge on any atom is -0.377 e. The van der Waals surface area contributed by atoms with Crippen LogP contribution in [0.25, 0.3) is 11.1 Å². The molecule has 0 atom stereocenters. The summed E-state index contributed by atoms with van der Waals surface area (Å²) in [7, 11) is 7.10. The van der Waals surface area contributed by atoms with E-state index in [2.05, 4.69) is 0 Å². The average Bonchev–Trinajstić information content (AvgIpc) is 2.45. The van der Waals surface area contributed by atoms with Crippen LogP contribution in [0, 0.1) is 6.92 Å². The molecule has 0 fully saturated rings. The normalized spacial score (nSPS) is 11.5. The number of anilines is 2. The number of halogens is 3. The van der Waals surface area contributed by atoms with Crippen molar-refractivity contribution in [3.05, 3.63) is 47.5 Å². The molecule has 124 valence electrons. The Morgan fingerprint density at radius 2 is 1.22 bits per heavy atom. The first kappa shape index (κ1) is 17.2. The van der Waals surface area contributed by atoms with Crippen molar-refractivity contribution in [1.29, 1.82) is 0 Å². The second-order valence-electron chi connectivity index (χ2n) is 6.02. The molecule has 0 saturated carbocycles. The first-order chi connectivity index (χ1) is 10.6. The molecule has 0 saturated heterocycles. The molecule has 0 aromatic heterocycles. The fourth-order valence-electron chi connectivity index (χ4n) is 2.67. The highest BCUT2D eigenvalue weighted by atomic mass is 19.4. The summed E-state index contributed by atoms with van der Waals surface area (Å²) in [5.41, 5.74) is 2.98. The van der Waals surface area contributed by atoms with Crippen LogP contribution in [0.1, 0.15) is 11.1 Å². The molecule has 5 heteroatoms. The maximum Gasteiger partial charge on any atom is 0.418 e. The maximum absolute atomic E-state index is 13.3. The van der Waals surface area contributed by atoms with Gasteiger partial charge in [0.25, 0.3) is 0 Å². The molecule has 2 rings (SSSR count). The SMILES string of the molecule is Cc1cc(-c2ccc(N(C)C)c(C(F)(F)F)c2)ccc1N(C)C. The summed E-state index contributed by atoms with van der Waals surface area (Å²) in [6.07, 6.45) is -4.38. The Labute approximate surface area is 135 Å². The molecule has 0 aliphatic rings. The van der Waals surface area contributed by atoms with E-state index in [0.29, 0.717) is 5.56 Å². The molecular formula is C18H21F3N2. The molecule has 0 aliphatic heterocycles. The Morgan fingerprint density at radius 3 is 1.65 bits per heavy atom. The maximum atomic E-state index is 13.3. The van der Waals surface area contributed by atoms with E-state index in [-0.39, 0.29) is 5.69 Å². The van der Waals surface area contributed by atoms with Gasteiger partial charge in [-0.1, -0.05) is 12.1 Å². The highest BCUT2D eigenvalue weighted by Gasteiger charge is 2.34. The standard InChI is InChI=1S/C18H21F3N2/c1-12-10-13(6-8-16(12)22(2)3)14-7-9-17(23(4)5)15(11-14)18(19,20)21/h6-11H,1-5H3. The first-order valence-corrected chi connectivity index (χ1v) is 7.28. The summed E-state index contributed by atoms with van der Waals surface area (Å²) in [4.78, 5) is 3.46. The minimum atomic E-state index is -4.38. The van der Waals surface area contributed by atoms with E-state index in [1.165, 1.54) is 17.0 Å². The van der Waals surface area contributed by atoms with Gasteiger partial charge in [0.1, 0.15) is 0 Å². The van der Waals surface area contributed by atoms with Gasteiger partial charge in [-0.3, -0.25) is 0 Å². The molecule has 2 aromatic rings. The molecule has 0 unspecified atom stereocenters. The number of hydrogen-bond acceptors (Lipinski definition) is 2. The molecule has 0 radical (unpaired) electrons. The largest absolute Gasteiger partial charge is 0.418 e. The van der Waals surface area contributed by atoms with Crippen LogP contribution in [0.3, 0.4) is 0 Å². The van der Waals surface area contributed by atoms with Crippen molar-refractivity contribution in [3.63, 3.8) is 0 Å². The van der Waals surface area contributed by atoms with E-state index in [0.717, 1.165) is 16.8 Å². The summed E-state index contributed by atoms with van der Waals surface area (Å²) in [5.74, 6) is 0. The third kappa shape index (κ3) is 3.60. The Balaban J connectivity index is 2.55. The van der Waals surface area contributed by atoms with Crippen LogP contribution in [0.5, 0.6) is 0 Å². The van der Waals surface area contributed by atoms with Crippen molar-refractivity contribution in [3.8, 4) is 11.1 Å². The van der Waals surface area contributed by atoms with Crippen molar-refractivity contribution < 1.29 is 13.2 Å². The van der Waals surface area contributed by atoms with E-state index < -0.39 is 11.7 Å². The van der Waals surface area contributed by atoms with Crippen LogP contribution in [0.4, 0.5) is 24.5 Å². The van der Waals surface area contributed by atoms with Gasteiger partial charge in [0, 0.05) is 39.6 Å². The third-order valence-electron chi connectivity index (χ3n) is 3.80. The molecule has 0 N–H and O–H groups in total.